The van der Waals surface area contributed by atoms with Crippen molar-refractivity contribution in [3.05, 3.63) is 78.7 Å². The smallest absolute Gasteiger partial charge is 0.133 e. The van der Waals surface area contributed by atoms with Crippen LogP contribution in [0.1, 0.15) is 0 Å². The molecule has 116 valence electrons. The fraction of sp³-hybridized carbons (Fsp3) is 0.167. The number of hydrogen-bond donors (Lipinski definition) is 0. The summed E-state index contributed by atoms with van der Waals surface area (Å²) in [6, 6.07) is 7.31. The van der Waals surface area contributed by atoms with Crippen LogP contribution in [0.4, 0.5) is 0 Å². The van der Waals surface area contributed by atoms with Crippen LogP contribution in [-0.2, 0) is 9.47 Å². The molecule has 0 saturated heterocycles. The predicted molar refractivity (Wildman–Crippen MR) is 86.7 cm³/mol. The van der Waals surface area contributed by atoms with Gasteiger partial charge in [-0.05, 0) is 30.4 Å². The SMILES string of the molecule is C=C/C(=C\C(=C/C=C=COc1cccc(OC)c1)OC)OC. The van der Waals surface area contributed by atoms with E-state index >= 15 is 0 Å². The van der Waals surface area contributed by atoms with Crippen LogP contribution in [-0.4, -0.2) is 21.3 Å². The molecule has 22 heavy (non-hydrogen) atoms. The van der Waals surface area contributed by atoms with Crippen LogP contribution < -0.4 is 9.47 Å². The predicted octanol–water partition coefficient (Wildman–Crippen LogP) is 3.99. The average molecular weight is 300 g/mol. The van der Waals surface area contributed by atoms with E-state index in [1.165, 1.54) is 6.26 Å². The molecule has 0 amide bonds. The Morgan fingerprint density at radius 2 is 1.82 bits per heavy atom. The molecule has 0 bridgehead atoms. The van der Waals surface area contributed by atoms with Crippen LogP contribution in [0.15, 0.2) is 78.7 Å². The highest BCUT2D eigenvalue weighted by atomic mass is 16.5. The first kappa shape index (κ1) is 17.2. The van der Waals surface area contributed by atoms with Crippen LogP contribution >= 0.6 is 0 Å². The van der Waals surface area contributed by atoms with Crippen LogP contribution in [0.5, 0.6) is 11.5 Å². The Labute approximate surface area is 131 Å². The van der Waals surface area contributed by atoms with Gasteiger partial charge in [0.05, 0.1) is 21.3 Å². The molecular weight excluding hydrogens is 280 g/mol. The second-order valence-corrected chi connectivity index (χ2v) is 3.98. The van der Waals surface area contributed by atoms with Crippen LogP contribution in [0.2, 0.25) is 0 Å². The maximum Gasteiger partial charge on any atom is 0.133 e. The first-order valence-electron chi connectivity index (χ1n) is 6.57. The molecule has 4 nitrogen and oxygen atoms in total. The number of methoxy groups -OCH3 is 3. The van der Waals surface area contributed by atoms with E-state index < -0.39 is 0 Å². The zero-order valence-corrected chi connectivity index (χ0v) is 13.0. The quantitative estimate of drug-likeness (QED) is 0.413. The summed E-state index contributed by atoms with van der Waals surface area (Å²) in [5, 5.41) is 0. The zero-order chi connectivity index (χ0) is 16.2. The maximum atomic E-state index is 5.41. The van der Waals surface area contributed by atoms with Gasteiger partial charge in [0.2, 0.25) is 0 Å². The Morgan fingerprint density at radius 3 is 2.45 bits per heavy atom. The molecule has 0 aliphatic heterocycles. The van der Waals surface area contributed by atoms with Crippen LogP contribution in [0, 0.1) is 0 Å². The number of rotatable bonds is 8. The number of allylic oxidation sites excluding steroid dienone is 4. The van der Waals surface area contributed by atoms with Gasteiger partial charge in [0.1, 0.15) is 29.3 Å². The second-order valence-electron chi connectivity index (χ2n) is 3.98. The molecule has 0 N–H and O–H groups in total. The van der Waals surface area contributed by atoms with E-state index in [4.69, 9.17) is 18.9 Å². The summed E-state index contributed by atoms with van der Waals surface area (Å²) in [6.45, 7) is 3.64. The first-order chi connectivity index (χ1) is 10.7. The summed E-state index contributed by atoms with van der Waals surface area (Å²) in [5.74, 6) is 2.62. The van der Waals surface area contributed by atoms with E-state index in [2.05, 4.69) is 12.3 Å². The third-order valence-electron chi connectivity index (χ3n) is 2.61. The summed E-state index contributed by atoms with van der Waals surface area (Å²) in [5.41, 5.74) is 2.88. The molecule has 0 fully saturated rings. The van der Waals surface area contributed by atoms with E-state index in [0.717, 1.165) is 5.75 Å². The van der Waals surface area contributed by atoms with Crippen molar-refractivity contribution in [3.63, 3.8) is 0 Å². The Morgan fingerprint density at radius 1 is 1.09 bits per heavy atom. The lowest BCUT2D eigenvalue weighted by Gasteiger charge is -2.02. The lowest BCUT2D eigenvalue weighted by atomic mass is 10.3. The number of benzene rings is 1. The molecule has 0 radical (unpaired) electrons. The summed E-state index contributed by atoms with van der Waals surface area (Å²) >= 11 is 0. The van der Waals surface area contributed by atoms with Gasteiger partial charge in [-0.2, -0.15) is 0 Å². The summed E-state index contributed by atoms with van der Waals surface area (Å²) in [4.78, 5) is 0. The number of hydrogen-bond acceptors (Lipinski definition) is 4. The molecule has 0 spiro atoms. The van der Waals surface area contributed by atoms with Gasteiger partial charge in [0.15, 0.2) is 0 Å². The Balaban J connectivity index is 2.71. The van der Waals surface area contributed by atoms with E-state index in [1.807, 2.05) is 18.2 Å². The van der Waals surface area contributed by atoms with Crippen LogP contribution in [0.3, 0.4) is 0 Å². The van der Waals surface area contributed by atoms with Gasteiger partial charge in [-0.3, -0.25) is 0 Å². The van der Waals surface area contributed by atoms with E-state index in [-0.39, 0.29) is 0 Å². The van der Waals surface area contributed by atoms with Gasteiger partial charge >= 0.3 is 0 Å². The van der Waals surface area contributed by atoms with Crippen molar-refractivity contribution in [2.24, 2.45) is 0 Å². The molecule has 0 saturated carbocycles. The molecule has 1 aromatic carbocycles. The van der Waals surface area contributed by atoms with Crippen molar-refractivity contribution < 1.29 is 18.9 Å². The van der Waals surface area contributed by atoms with Gasteiger partial charge in [0.25, 0.3) is 0 Å². The lowest BCUT2D eigenvalue weighted by Crippen LogP contribution is -1.86. The van der Waals surface area contributed by atoms with Gasteiger partial charge in [-0.25, -0.2) is 0 Å². The van der Waals surface area contributed by atoms with E-state index in [1.54, 1.807) is 51.7 Å². The highest BCUT2D eigenvalue weighted by molar-refractivity contribution is 5.33. The largest absolute Gasteiger partial charge is 0.497 e. The van der Waals surface area contributed by atoms with Crippen molar-refractivity contribution in [2.45, 2.75) is 0 Å². The zero-order valence-electron chi connectivity index (χ0n) is 13.0. The lowest BCUT2D eigenvalue weighted by molar-refractivity contribution is 0.285. The Kier molecular flexibility index (Phi) is 7.80. The first-order valence-corrected chi connectivity index (χ1v) is 6.57. The fourth-order valence-corrected chi connectivity index (χ4v) is 1.46. The molecule has 0 aliphatic rings. The standard InChI is InChI=1S/C18H20O4/c1-5-15(19-2)13-16(20-3)9-6-7-12-22-18-11-8-10-17(14-18)21-4/h5-6,8-14H,1H2,2-4H3/b15-13+,16-9+. The van der Waals surface area contributed by atoms with E-state index in [9.17, 15) is 0 Å². The average Bonchev–Trinajstić information content (AvgIpc) is 2.57. The molecular formula is C18H20O4. The van der Waals surface area contributed by atoms with Crippen molar-refractivity contribution in [1.29, 1.82) is 0 Å². The third kappa shape index (κ3) is 6.07. The highest BCUT2D eigenvalue weighted by Crippen LogP contribution is 2.18. The van der Waals surface area contributed by atoms with Gasteiger partial charge in [0, 0.05) is 12.1 Å². The molecule has 0 unspecified atom stereocenters. The summed E-state index contributed by atoms with van der Waals surface area (Å²) in [7, 11) is 4.75. The third-order valence-corrected chi connectivity index (χ3v) is 2.61. The second kappa shape index (κ2) is 9.97. The minimum absolute atomic E-state index is 0.609. The molecule has 0 aromatic heterocycles. The van der Waals surface area contributed by atoms with Crippen molar-refractivity contribution in [2.75, 3.05) is 21.3 Å². The summed E-state index contributed by atoms with van der Waals surface area (Å²) in [6.07, 6.45) is 8.17. The Bertz CT molecular complexity index is 605. The maximum absolute atomic E-state index is 5.41. The molecule has 0 heterocycles. The highest BCUT2D eigenvalue weighted by Gasteiger charge is 1.94. The van der Waals surface area contributed by atoms with Gasteiger partial charge < -0.3 is 18.9 Å². The van der Waals surface area contributed by atoms with Gasteiger partial charge in [-0.1, -0.05) is 18.4 Å². The minimum atomic E-state index is 0.609. The molecule has 4 heteroatoms. The molecule has 1 rings (SSSR count). The Hall–Kier alpha value is -2.84. The normalized spacial score (nSPS) is 11.0. The monoisotopic (exact) mass is 300 g/mol. The molecule has 0 aliphatic carbocycles. The van der Waals surface area contributed by atoms with Crippen molar-refractivity contribution in [3.8, 4) is 11.5 Å². The van der Waals surface area contributed by atoms with Gasteiger partial charge in [-0.15, -0.1) is 0 Å². The molecule has 0 atom stereocenters. The fourth-order valence-electron chi connectivity index (χ4n) is 1.46. The minimum Gasteiger partial charge on any atom is -0.497 e. The van der Waals surface area contributed by atoms with Crippen molar-refractivity contribution >= 4 is 0 Å². The summed E-state index contributed by atoms with van der Waals surface area (Å²) < 4.78 is 20.8. The topological polar surface area (TPSA) is 36.9 Å². The number of ether oxygens (including phenoxy) is 4. The molecule has 1 aromatic rings. The van der Waals surface area contributed by atoms with Crippen molar-refractivity contribution in [1.82, 2.24) is 0 Å². The van der Waals surface area contributed by atoms with E-state index in [0.29, 0.717) is 17.3 Å². The van der Waals surface area contributed by atoms with Crippen LogP contribution in [0.25, 0.3) is 0 Å².